The summed E-state index contributed by atoms with van der Waals surface area (Å²) in [7, 11) is 0. The quantitative estimate of drug-likeness (QED) is 0.728. The third-order valence-corrected chi connectivity index (χ3v) is 8.57. The van der Waals surface area contributed by atoms with Crippen molar-refractivity contribution in [3.8, 4) is 0 Å². The van der Waals surface area contributed by atoms with Crippen molar-refractivity contribution in [3.63, 3.8) is 0 Å². The van der Waals surface area contributed by atoms with Crippen molar-refractivity contribution in [2.45, 2.75) is 78.7 Å². The van der Waals surface area contributed by atoms with Crippen molar-refractivity contribution >= 4 is 5.78 Å². The molecule has 4 saturated carbocycles. The summed E-state index contributed by atoms with van der Waals surface area (Å²) in [6, 6.07) is 0. The minimum absolute atomic E-state index is 0.157. The topological polar surface area (TPSA) is 37.3 Å². The van der Waals surface area contributed by atoms with Crippen LogP contribution in [0.15, 0.2) is 0 Å². The summed E-state index contributed by atoms with van der Waals surface area (Å²) in [5, 5.41) is 11.1. The van der Waals surface area contributed by atoms with E-state index in [0.29, 0.717) is 23.5 Å². The summed E-state index contributed by atoms with van der Waals surface area (Å²) < 4.78 is 0. The number of ketones is 1. The van der Waals surface area contributed by atoms with Gasteiger partial charge in [0.25, 0.3) is 0 Å². The standard InChI is InChI=1S/C20H32O2/c1-12-13-6-7-15-19(4)9-5-8-18(2,3)16(19)14(21)11-20(15,10-13)17(12)22/h12-16,21H,5-11H2,1-4H3/t12-,13-,14+,15+,16-,19+,20+/m1/s1. The molecule has 4 aliphatic rings. The van der Waals surface area contributed by atoms with Gasteiger partial charge in [0.2, 0.25) is 0 Å². The molecule has 2 bridgehead atoms. The van der Waals surface area contributed by atoms with E-state index in [1.54, 1.807) is 0 Å². The molecule has 0 aromatic heterocycles. The highest BCUT2D eigenvalue weighted by Crippen LogP contribution is 2.71. The highest BCUT2D eigenvalue weighted by molar-refractivity contribution is 5.90. The average Bonchev–Trinajstić information content (AvgIpc) is 2.58. The second-order valence-electron chi connectivity index (χ2n) is 10.0. The molecule has 0 unspecified atom stereocenters. The van der Waals surface area contributed by atoms with Crippen molar-refractivity contribution < 1.29 is 9.90 Å². The summed E-state index contributed by atoms with van der Waals surface area (Å²) in [5.41, 5.74) is 0.183. The van der Waals surface area contributed by atoms with Gasteiger partial charge in [-0.2, -0.15) is 0 Å². The van der Waals surface area contributed by atoms with Gasteiger partial charge in [-0.1, -0.05) is 34.1 Å². The van der Waals surface area contributed by atoms with Gasteiger partial charge >= 0.3 is 0 Å². The molecule has 0 amide bonds. The van der Waals surface area contributed by atoms with E-state index in [9.17, 15) is 9.90 Å². The molecule has 0 aliphatic heterocycles. The molecule has 1 N–H and O–H groups in total. The second-order valence-corrected chi connectivity index (χ2v) is 10.0. The number of hydrogen-bond acceptors (Lipinski definition) is 2. The van der Waals surface area contributed by atoms with Crippen LogP contribution in [-0.4, -0.2) is 17.0 Å². The molecular formula is C20H32O2. The lowest BCUT2D eigenvalue weighted by Gasteiger charge is -2.64. The van der Waals surface area contributed by atoms with Gasteiger partial charge in [0.1, 0.15) is 5.78 Å². The molecule has 0 heterocycles. The lowest BCUT2D eigenvalue weighted by molar-refractivity contribution is -0.198. The van der Waals surface area contributed by atoms with Crippen LogP contribution in [0.3, 0.4) is 0 Å². The normalized spacial score (nSPS) is 56.4. The first-order chi connectivity index (χ1) is 10.2. The number of carbonyl (C=O) groups is 1. The molecule has 0 saturated heterocycles. The highest BCUT2D eigenvalue weighted by atomic mass is 16.3. The predicted octanol–water partition coefficient (Wildman–Crippen LogP) is 4.21. The Hall–Kier alpha value is -0.370. The van der Waals surface area contributed by atoms with E-state index in [2.05, 4.69) is 27.7 Å². The van der Waals surface area contributed by atoms with Crippen molar-refractivity contribution in [1.29, 1.82) is 0 Å². The largest absolute Gasteiger partial charge is 0.393 e. The Morgan fingerprint density at radius 3 is 2.55 bits per heavy atom. The molecular weight excluding hydrogens is 272 g/mol. The monoisotopic (exact) mass is 304 g/mol. The number of Topliss-reactive ketones (excluding diaryl/α,β-unsaturated/α-hetero) is 1. The van der Waals surface area contributed by atoms with Crippen LogP contribution in [-0.2, 0) is 4.79 Å². The summed E-state index contributed by atoms with van der Waals surface area (Å²) in [4.78, 5) is 13.2. The zero-order valence-electron chi connectivity index (χ0n) is 14.7. The van der Waals surface area contributed by atoms with Crippen LogP contribution in [0.4, 0.5) is 0 Å². The molecule has 4 fully saturated rings. The Kier molecular flexibility index (Phi) is 3.02. The smallest absolute Gasteiger partial charge is 0.142 e. The molecule has 0 aromatic rings. The minimum atomic E-state index is -0.287. The van der Waals surface area contributed by atoms with Crippen LogP contribution in [0.2, 0.25) is 0 Å². The lowest BCUT2D eigenvalue weighted by atomic mass is 9.40. The molecule has 7 atom stereocenters. The van der Waals surface area contributed by atoms with Crippen molar-refractivity contribution in [2.24, 2.45) is 39.9 Å². The van der Waals surface area contributed by atoms with Crippen LogP contribution in [0.1, 0.15) is 72.6 Å². The molecule has 2 nitrogen and oxygen atoms in total. The number of fused-ring (bicyclic) bond motifs is 3. The van der Waals surface area contributed by atoms with Crippen molar-refractivity contribution in [2.75, 3.05) is 0 Å². The van der Waals surface area contributed by atoms with E-state index in [1.165, 1.54) is 32.1 Å². The maximum absolute atomic E-state index is 13.2. The number of rotatable bonds is 0. The zero-order valence-corrected chi connectivity index (χ0v) is 14.7. The van der Waals surface area contributed by atoms with Gasteiger partial charge in [-0.15, -0.1) is 0 Å². The van der Waals surface area contributed by atoms with E-state index in [0.717, 1.165) is 12.8 Å². The van der Waals surface area contributed by atoms with Crippen molar-refractivity contribution in [1.82, 2.24) is 0 Å². The van der Waals surface area contributed by atoms with Gasteiger partial charge in [-0.05, 0) is 67.1 Å². The summed E-state index contributed by atoms with van der Waals surface area (Å²) in [5.74, 6) is 2.20. The Bertz CT molecular complexity index is 510. The highest BCUT2D eigenvalue weighted by Gasteiger charge is 2.69. The van der Waals surface area contributed by atoms with Crippen LogP contribution in [0, 0.1) is 39.9 Å². The molecule has 1 spiro atoms. The van der Waals surface area contributed by atoms with E-state index >= 15 is 0 Å². The Labute approximate surface area is 135 Å². The van der Waals surface area contributed by atoms with Gasteiger partial charge in [-0.25, -0.2) is 0 Å². The first-order valence-electron chi connectivity index (χ1n) is 9.45. The summed E-state index contributed by atoms with van der Waals surface area (Å²) in [6.07, 6.45) is 7.66. The number of aliphatic hydroxyl groups is 1. The number of hydrogen-bond donors (Lipinski definition) is 1. The van der Waals surface area contributed by atoms with E-state index in [4.69, 9.17) is 0 Å². The number of aliphatic hydroxyl groups excluding tert-OH is 1. The molecule has 22 heavy (non-hydrogen) atoms. The number of carbonyl (C=O) groups excluding carboxylic acids is 1. The Balaban J connectivity index is 1.82. The van der Waals surface area contributed by atoms with Crippen LogP contribution in [0.5, 0.6) is 0 Å². The second kappa shape index (κ2) is 4.37. The van der Waals surface area contributed by atoms with Crippen molar-refractivity contribution in [3.05, 3.63) is 0 Å². The van der Waals surface area contributed by atoms with Crippen LogP contribution >= 0.6 is 0 Å². The van der Waals surface area contributed by atoms with E-state index in [1.807, 2.05) is 0 Å². The molecule has 124 valence electrons. The first-order valence-corrected chi connectivity index (χ1v) is 9.45. The molecule has 0 aromatic carbocycles. The van der Waals surface area contributed by atoms with Gasteiger partial charge < -0.3 is 5.11 Å². The maximum atomic E-state index is 13.2. The van der Waals surface area contributed by atoms with Gasteiger partial charge in [0.05, 0.1) is 6.10 Å². The molecule has 2 heteroatoms. The zero-order chi connectivity index (χ0) is 15.9. The third-order valence-electron chi connectivity index (χ3n) is 8.57. The Morgan fingerprint density at radius 1 is 1.09 bits per heavy atom. The first kappa shape index (κ1) is 15.2. The lowest BCUT2D eigenvalue weighted by Crippen LogP contribution is -2.62. The van der Waals surface area contributed by atoms with Crippen LogP contribution in [0.25, 0.3) is 0 Å². The Morgan fingerprint density at radius 2 is 1.82 bits per heavy atom. The SMILES string of the molecule is C[C@H]1C(=O)[C@]23C[C@H]1CC[C@H]2[C@]1(C)CCCC(C)(C)[C@H]1[C@@H](O)C3. The molecule has 4 aliphatic carbocycles. The fraction of sp³-hybridized carbons (Fsp3) is 0.950. The van der Waals surface area contributed by atoms with Crippen LogP contribution < -0.4 is 0 Å². The minimum Gasteiger partial charge on any atom is -0.393 e. The van der Waals surface area contributed by atoms with Gasteiger partial charge in [-0.3, -0.25) is 4.79 Å². The summed E-state index contributed by atoms with van der Waals surface area (Å²) >= 11 is 0. The molecule has 4 rings (SSSR count). The molecule has 0 radical (unpaired) electrons. The summed E-state index contributed by atoms with van der Waals surface area (Å²) in [6.45, 7) is 9.27. The van der Waals surface area contributed by atoms with E-state index < -0.39 is 0 Å². The fourth-order valence-electron chi connectivity index (χ4n) is 7.99. The predicted molar refractivity (Wildman–Crippen MR) is 87.3 cm³/mol. The van der Waals surface area contributed by atoms with Gasteiger partial charge in [0.15, 0.2) is 0 Å². The third kappa shape index (κ3) is 1.63. The average molecular weight is 304 g/mol. The van der Waals surface area contributed by atoms with Gasteiger partial charge in [0, 0.05) is 11.3 Å². The fourth-order valence-corrected chi connectivity index (χ4v) is 7.99. The maximum Gasteiger partial charge on any atom is 0.142 e. The van der Waals surface area contributed by atoms with E-state index in [-0.39, 0.29) is 28.3 Å².